The van der Waals surface area contributed by atoms with Crippen molar-refractivity contribution < 1.29 is 22.8 Å². The summed E-state index contributed by atoms with van der Waals surface area (Å²) in [5.74, 6) is -1.57. The quantitative estimate of drug-likeness (QED) is 0.724. The van der Waals surface area contributed by atoms with E-state index in [4.69, 9.17) is 11.6 Å². The zero-order chi connectivity index (χ0) is 22.6. The van der Waals surface area contributed by atoms with Crippen LogP contribution in [0, 0.1) is 0 Å². The second-order valence-electron chi connectivity index (χ2n) is 7.05. The highest BCUT2D eigenvalue weighted by Gasteiger charge is 2.39. The molecule has 1 saturated heterocycles. The first-order valence-corrected chi connectivity index (χ1v) is 11.5. The SMILES string of the molecule is CC(=O)N1CCN(C(=O)[C@H](NC(=O)c2ccc(Cl)cc2)S(=O)(=O)c2ccccc2)CC1. The van der Waals surface area contributed by atoms with Crippen molar-refractivity contribution in [3.05, 3.63) is 65.2 Å². The minimum Gasteiger partial charge on any atom is -0.339 e. The molecule has 0 spiro atoms. The summed E-state index contributed by atoms with van der Waals surface area (Å²) in [5.41, 5.74) is 0.173. The van der Waals surface area contributed by atoms with Crippen LogP contribution in [0.1, 0.15) is 17.3 Å². The highest BCUT2D eigenvalue weighted by atomic mass is 35.5. The van der Waals surface area contributed by atoms with Gasteiger partial charge in [-0.05, 0) is 36.4 Å². The number of benzene rings is 2. The maximum Gasteiger partial charge on any atom is 0.261 e. The molecule has 10 heteroatoms. The molecule has 3 amide bonds. The zero-order valence-electron chi connectivity index (χ0n) is 16.8. The largest absolute Gasteiger partial charge is 0.339 e. The molecular weight excluding hydrogens is 442 g/mol. The number of sulfone groups is 1. The molecule has 1 fully saturated rings. The number of halogens is 1. The molecule has 1 N–H and O–H groups in total. The van der Waals surface area contributed by atoms with Gasteiger partial charge in [0.25, 0.3) is 11.8 Å². The van der Waals surface area contributed by atoms with E-state index < -0.39 is 27.0 Å². The Morgan fingerprint density at radius 2 is 1.45 bits per heavy atom. The number of amides is 3. The maximum atomic E-state index is 13.3. The summed E-state index contributed by atoms with van der Waals surface area (Å²) in [6, 6.07) is 13.4. The molecule has 0 aromatic heterocycles. The minimum atomic E-state index is -4.22. The third kappa shape index (κ3) is 5.23. The normalized spacial score (nSPS) is 15.3. The van der Waals surface area contributed by atoms with Crippen LogP contribution in [0.5, 0.6) is 0 Å². The van der Waals surface area contributed by atoms with Crippen molar-refractivity contribution in [2.45, 2.75) is 17.2 Å². The Morgan fingerprint density at radius 1 is 0.903 bits per heavy atom. The van der Waals surface area contributed by atoms with E-state index in [1.165, 1.54) is 48.2 Å². The first-order chi connectivity index (χ1) is 14.7. The topological polar surface area (TPSA) is 104 Å². The highest BCUT2D eigenvalue weighted by molar-refractivity contribution is 7.92. The first kappa shape index (κ1) is 22.8. The van der Waals surface area contributed by atoms with Gasteiger partial charge < -0.3 is 15.1 Å². The van der Waals surface area contributed by atoms with Crippen LogP contribution in [0.25, 0.3) is 0 Å². The number of carbonyl (C=O) groups is 3. The van der Waals surface area contributed by atoms with Crippen LogP contribution in [-0.4, -0.2) is 67.5 Å². The van der Waals surface area contributed by atoms with Crippen LogP contribution in [0.15, 0.2) is 59.5 Å². The van der Waals surface area contributed by atoms with Crippen molar-refractivity contribution in [2.24, 2.45) is 0 Å². The molecule has 2 aromatic rings. The summed E-state index contributed by atoms with van der Waals surface area (Å²) in [4.78, 5) is 40.4. The van der Waals surface area contributed by atoms with E-state index >= 15 is 0 Å². The van der Waals surface area contributed by atoms with Gasteiger partial charge in [-0.2, -0.15) is 0 Å². The predicted molar refractivity (Wildman–Crippen MR) is 115 cm³/mol. The van der Waals surface area contributed by atoms with E-state index in [-0.39, 0.29) is 29.5 Å². The fourth-order valence-electron chi connectivity index (χ4n) is 3.23. The number of piperazine rings is 1. The second kappa shape index (κ2) is 9.49. The average Bonchev–Trinajstić information content (AvgIpc) is 2.78. The van der Waals surface area contributed by atoms with Gasteiger partial charge in [0.05, 0.1) is 4.90 Å². The Labute approximate surface area is 185 Å². The summed E-state index contributed by atoms with van der Waals surface area (Å²) >= 11 is 5.84. The lowest BCUT2D eigenvalue weighted by Gasteiger charge is -2.36. The van der Waals surface area contributed by atoms with Gasteiger partial charge in [0, 0.05) is 43.7 Å². The molecular formula is C21H22ClN3O5S. The lowest BCUT2D eigenvalue weighted by Crippen LogP contribution is -2.57. The van der Waals surface area contributed by atoms with Crippen molar-refractivity contribution in [3.63, 3.8) is 0 Å². The van der Waals surface area contributed by atoms with Crippen molar-refractivity contribution in [1.82, 2.24) is 15.1 Å². The van der Waals surface area contributed by atoms with Gasteiger partial charge >= 0.3 is 0 Å². The molecule has 31 heavy (non-hydrogen) atoms. The summed E-state index contributed by atoms with van der Waals surface area (Å²) in [5, 5.41) is 0.998. The molecule has 0 aliphatic carbocycles. The second-order valence-corrected chi connectivity index (χ2v) is 9.52. The summed E-state index contributed by atoms with van der Waals surface area (Å²) in [7, 11) is -4.22. The number of nitrogens with zero attached hydrogens (tertiary/aromatic N) is 2. The lowest BCUT2D eigenvalue weighted by molar-refractivity contribution is -0.138. The molecule has 8 nitrogen and oxygen atoms in total. The number of hydrogen-bond donors (Lipinski definition) is 1. The molecule has 3 rings (SSSR count). The van der Waals surface area contributed by atoms with E-state index in [1.807, 2.05) is 0 Å². The molecule has 0 unspecified atom stereocenters. The fraction of sp³-hybridized carbons (Fsp3) is 0.286. The lowest BCUT2D eigenvalue weighted by atomic mass is 10.2. The summed E-state index contributed by atoms with van der Waals surface area (Å²) in [6.07, 6.45) is 0. The van der Waals surface area contributed by atoms with E-state index in [9.17, 15) is 22.8 Å². The first-order valence-electron chi connectivity index (χ1n) is 9.60. The van der Waals surface area contributed by atoms with Crippen molar-refractivity contribution >= 4 is 39.2 Å². The van der Waals surface area contributed by atoms with Crippen molar-refractivity contribution in [1.29, 1.82) is 0 Å². The van der Waals surface area contributed by atoms with Crippen molar-refractivity contribution in [2.75, 3.05) is 26.2 Å². The van der Waals surface area contributed by atoms with E-state index in [0.29, 0.717) is 18.1 Å². The van der Waals surface area contributed by atoms with Crippen LogP contribution in [-0.2, 0) is 19.4 Å². The predicted octanol–water partition coefficient (Wildman–Crippen LogP) is 1.56. The number of nitrogens with one attached hydrogen (secondary N) is 1. The van der Waals surface area contributed by atoms with E-state index in [0.717, 1.165) is 0 Å². The van der Waals surface area contributed by atoms with Gasteiger partial charge in [-0.1, -0.05) is 29.8 Å². The van der Waals surface area contributed by atoms with Gasteiger partial charge in [-0.15, -0.1) is 0 Å². The van der Waals surface area contributed by atoms with Crippen molar-refractivity contribution in [3.8, 4) is 0 Å². The molecule has 1 heterocycles. The smallest absolute Gasteiger partial charge is 0.261 e. The standard InChI is InChI=1S/C21H22ClN3O5S/c1-15(26)24-11-13-25(14-12-24)21(28)20(31(29,30)18-5-3-2-4-6-18)23-19(27)16-7-9-17(22)10-8-16/h2-10,20H,11-14H2,1H3,(H,23,27)/t20-/m1/s1. The van der Waals surface area contributed by atoms with Crippen LogP contribution < -0.4 is 5.32 Å². The molecule has 0 radical (unpaired) electrons. The fourth-order valence-corrected chi connectivity index (χ4v) is 4.84. The van der Waals surface area contributed by atoms with Gasteiger partial charge in [0.1, 0.15) is 0 Å². The Morgan fingerprint density at radius 3 is 2.00 bits per heavy atom. The molecule has 0 bridgehead atoms. The van der Waals surface area contributed by atoms with E-state index in [2.05, 4.69) is 5.32 Å². The number of rotatable bonds is 5. The monoisotopic (exact) mass is 463 g/mol. The third-order valence-electron chi connectivity index (χ3n) is 5.01. The molecule has 1 aliphatic heterocycles. The number of carbonyl (C=O) groups excluding carboxylic acids is 3. The molecule has 1 atom stereocenters. The summed E-state index contributed by atoms with van der Waals surface area (Å²) in [6.45, 7) is 2.38. The van der Waals surface area contributed by atoms with Crippen LogP contribution >= 0.6 is 11.6 Å². The Kier molecular flexibility index (Phi) is 6.97. The highest BCUT2D eigenvalue weighted by Crippen LogP contribution is 2.18. The Bertz CT molecular complexity index is 1070. The molecule has 2 aromatic carbocycles. The Balaban J connectivity index is 1.89. The minimum absolute atomic E-state index is 0.0767. The Hall–Kier alpha value is -2.91. The van der Waals surface area contributed by atoms with E-state index in [1.54, 1.807) is 23.1 Å². The van der Waals surface area contributed by atoms with Crippen LogP contribution in [0.2, 0.25) is 5.02 Å². The molecule has 164 valence electrons. The number of hydrogen-bond acceptors (Lipinski definition) is 5. The maximum absolute atomic E-state index is 13.3. The molecule has 0 saturated carbocycles. The van der Waals surface area contributed by atoms with Gasteiger partial charge in [-0.3, -0.25) is 14.4 Å². The van der Waals surface area contributed by atoms with Gasteiger partial charge in [0.2, 0.25) is 21.1 Å². The zero-order valence-corrected chi connectivity index (χ0v) is 18.4. The van der Waals surface area contributed by atoms with Crippen LogP contribution in [0.3, 0.4) is 0 Å². The van der Waals surface area contributed by atoms with Gasteiger partial charge in [-0.25, -0.2) is 8.42 Å². The van der Waals surface area contributed by atoms with Gasteiger partial charge in [0.15, 0.2) is 0 Å². The van der Waals surface area contributed by atoms with Crippen LogP contribution in [0.4, 0.5) is 0 Å². The summed E-state index contributed by atoms with van der Waals surface area (Å²) < 4.78 is 26.5. The average molecular weight is 464 g/mol. The third-order valence-corrected chi connectivity index (χ3v) is 7.13. The molecule has 1 aliphatic rings.